The maximum absolute atomic E-state index is 11.8. The monoisotopic (exact) mass is 296 g/mol. The number of aromatic nitrogens is 3. The molecule has 1 unspecified atom stereocenters. The van der Waals surface area contributed by atoms with Crippen LogP contribution in [0.5, 0.6) is 6.01 Å². The van der Waals surface area contributed by atoms with Gasteiger partial charge in [0.1, 0.15) is 6.04 Å². The predicted octanol–water partition coefficient (Wildman–Crippen LogP) is 1.03. The Balaban J connectivity index is 2.79. The molecule has 0 aromatic carbocycles. The maximum atomic E-state index is 11.8. The van der Waals surface area contributed by atoms with E-state index >= 15 is 0 Å². The molecule has 1 heterocycles. The molecule has 1 aromatic rings. The predicted molar refractivity (Wildman–Crippen MR) is 81.5 cm³/mol. The van der Waals surface area contributed by atoms with Crippen LogP contribution < -0.4 is 20.7 Å². The molecule has 0 spiro atoms. The van der Waals surface area contributed by atoms with Crippen LogP contribution in [0, 0.1) is 0 Å². The Morgan fingerprint density at radius 1 is 1.19 bits per heavy atom. The first-order chi connectivity index (χ1) is 9.96. The van der Waals surface area contributed by atoms with Crippen LogP contribution >= 0.6 is 0 Å². The molecular formula is C13H24N6O2. The summed E-state index contributed by atoms with van der Waals surface area (Å²) in [5.41, 5.74) is 0. The fourth-order valence-corrected chi connectivity index (χ4v) is 1.46. The van der Waals surface area contributed by atoms with Crippen LogP contribution in [-0.4, -0.2) is 46.6 Å². The van der Waals surface area contributed by atoms with Crippen LogP contribution in [0.15, 0.2) is 0 Å². The van der Waals surface area contributed by atoms with Gasteiger partial charge in [0.25, 0.3) is 0 Å². The van der Waals surface area contributed by atoms with Gasteiger partial charge in [0.05, 0.1) is 6.10 Å². The molecule has 1 aromatic heterocycles. The average Bonchev–Trinajstić information content (AvgIpc) is 2.43. The Morgan fingerprint density at radius 3 is 2.43 bits per heavy atom. The van der Waals surface area contributed by atoms with Crippen LogP contribution in [0.2, 0.25) is 0 Å². The third kappa shape index (κ3) is 5.80. The minimum Gasteiger partial charge on any atom is -0.461 e. The average molecular weight is 296 g/mol. The summed E-state index contributed by atoms with van der Waals surface area (Å²) in [6.45, 7) is 8.16. The van der Waals surface area contributed by atoms with Gasteiger partial charge in [-0.3, -0.25) is 4.79 Å². The van der Waals surface area contributed by atoms with E-state index in [1.54, 1.807) is 14.0 Å². The van der Waals surface area contributed by atoms with Crippen molar-refractivity contribution in [2.45, 2.75) is 46.3 Å². The van der Waals surface area contributed by atoms with Crippen LogP contribution in [-0.2, 0) is 4.79 Å². The summed E-state index contributed by atoms with van der Waals surface area (Å²) in [6, 6.07) is -0.233. The Labute approximate surface area is 125 Å². The first kappa shape index (κ1) is 16.9. The van der Waals surface area contributed by atoms with Crippen LogP contribution in [0.1, 0.15) is 34.1 Å². The number of anilines is 2. The summed E-state index contributed by atoms with van der Waals surface area (Å²) in [4.78, 5) is 24.2. The first-order valence-corrected chi connectivity index (χ1v) is 7.11. The largest absolute Gasteiger partial charge is 0.461 e. The van der Waals surface area contributed by atoms with Crippen molar-refractivity contribution in [1.82, 2.24) is 20.3 Å². The van der Waals surface area contributed by atoms with Crippen molar-refractivity contribution in [3.63, 3.8) is 0 Å². The Hall–Kier alpha value is -2.12. The molecule has 0 saturated heterocycles. The van der Waals surface area contributed by atoms with Crippen molar-refractivity contribution in [2.75, 3.05) is 24.2 Å². The molecule has 1 rings (SSSR count). The highest BCUT2D eigenvalue weighted by atomic mass is 16.5. The number of rotatable bonds is 8. The molecule has 3 N–H and O–H groups in total. The van der Waals surface area contributed by atoms with Crippen molar-refractivity contribution in [3.8, 4) is 6.01 Å². The number of carbonyl (C=O) groups excluding carboxylic acids is 1. The lowest BCUT2D eigenvalue weighted by molar-refractivity contribution is -0.121. The maximum Gasteiger partial charge on any atom is 0.323 e. The zero-order valence-electron chi connectivity index (χ0n) is 13.2. The van der Waals surface area contributed by atoms with Gasteiger partial charge in [-0.05, 0) is 27.2 Å². The summed E-state index contributed by atoms with van der Waals surface area (Å²) in [6.07, 6.45) is 0.843. The molecule has 1 amide bonds. The zero-order valence-corrected chi connectivity index (χ0v) is 13.2. The molecule has 0 bridgehead atoms. The molecular weight excluding hydrogens is 272 g/mol. The van der Waals surface area contributed by atoms with Crippen molar-refractivity contribution in [1.29, 1.82) is 0 Å². The van der Waals surface area contributed by atoms with E-state index in [4.69, 9.17) is 4.74 Å². The van der Waals surface area contributed by atoms with Gasteiger partial charge < -0.3 is 20.7 Å². The summed E-state index contributed by atoms with van der Waals surface area (Å²) < 4.78 is 5.46. The lowest BCUT2D eigenvalue weighted by Gasteiger charge is -2.15. The second kappa shape index (κ2) is 8.23. The first-order valence-electron chi connectivity index (χ1n) is 7.11. The highest BCUT2D eigenvalue weighted by Gasteiger charge is 2.15. The molecule has 0 saturated carbocycles. The van der Waals surface area contributed by atoms with Crippen molar-refractivity contribution >= 4 is 17.8 Å². The van der Waals surface area contributed by atoms with E-state index in [9.17, 15) is 4.79 Å². The summed E-state index contributed by atoms with van der Waals surface area (Å²) in [7, 11) is 1.70. The fourth-order valence-electron chi connectivity index (χ4n) is 1.46. The van der Waals surface area contributed by atoms with Crippen molar-refractivity contribution < 1.29 is 9.53 Å². The smallest absolute Gasteiger partial charge is 0.323 e. The van der Waals surface area contributed by atoms with Crippen LogP contribution in [0.4, 0.5) is 11.9 Å². The van der Waals surface area contributed by atoms with Gasteiger partial charge in [-0.25, -0.2) is 0 Å². The standard InChI is InChI=1S/C13H24N6O2/c1-6-7-15-10(20)9(4)16-12-17-11(14-5)18-13(19-12)21-8(2)3/h8-9H,6-7H2,1-5H3,(H,15,20)(H2,14,16,17,18,19). The van der Waals surface area contributed by atoms with E-state index in [2.05, 4.69) is 30.9 Å². The number of carbonyl (C=O) groups is 1. The summed E-state index contributed by atoms with van der Waals surface area (Å²) in [5, 5.41) is 8.59. The van der Waals surface area contributed by atoms with Gasteiger partial charge in [0.2, 0.25) is 17.8 Å². The zero-order chi connectivity index (χ0) is 15.8. The number of nitrogens with one attached hydrogen (secondary N) is 3. The Kier molecular flexibility index (Phi) is 6.64. The fraction of sp³-hybridized carbons (Fsp3) is 0.692. The lowest BCUT2D eigenvalue weighted by atomic mass is 10.3. The van der Waals surface area contributed by atoms with E-state index in [0.29, 0.717) is 18.4 Å². The number of ether oxygens (including phenoxy) is 1. The van der Waals surface area contributed by atoms with Crippen molar-refractivity contribution in [3.05, 3.63) is 0 Å². The van der Waals surface area contributed by atoms with Crippen molar-refractivity contribution in [2.24, 2.45) is 0 Å². The minimum absolute atomic E-state index is 0.0461. The van der Waals surface area contributed by atoms with Gasteiger partial charge in [0, 0.05) is 13.6 Å². The molecule has 0 aliphatic heterocycles. The van der Waals surface area contributed by atoms with Gasteiger partial charge in [-0.1, -0.05) is 6.92 Å². The van der Waals surface area contributed by atoms with E-state index in [1.165, 1.54) is 0 Å². The van der Waals surface area contributed by atoms with E-state index in [-0.39, 0.29) is 18.0 Å². The number of hydrogen-bond acceptors (Lipinski definition) is 7. The molecule has 8 heteroatoms. The number of amides is 1. The van der Waals surface area contributed by atoms with Gasteiger partial charge in [-0.15, -0.1) is 0 Å². The molecule has 1 atom stereocenters. The summed E-state index contributed by atoms with van der Waals surface area (Å²) >= 11 is 0. The summed E-state index contributed by atoms with van der Waals surface area (Å²) in [5.74, 6) is 0.572. The van der Waals surface area contributed by atoms with E-state index < -0.39 is 6.04 Å². The van der Waals surface area contributed by atoms with Crippen LogP contribution in [0.3, 0.4) is 0 Å². The number of nitrogens with zero attached hydrogens (tertiary/aromatic N) is 3. The quantitative estimate of drug-likeness (QED) is 0.658. The highest BCUT2D eigenvalue weighted by Crippen LogP contribution is 2.12. The van der Waals surface area contributed by atoms with E-state index in [0.717, 1.165) is 6.42 Å². The topological polar surface area (TPSA) is 101 Å². The Morgan fingerprint density at radius 2 is 1.86 bits per heavy atom. The second-order valence-corrected chi connectivity index (χ2v) is 4.84. The normalized spacial score (nSPS) is 11.9. The van der Waals surface area contributed by atoms with Crippen LogP contribution in [0.25, 0.3) is 0 Å². The molecule has 8 nitrogen and oxygen atoms in total. The molecule has 0 radical (unpaired) electrons. The van der Waals surface area contributed by atoms with E-state index in [1.807, 2.05) is 20.8 Å². The molecule has 21 heavy (non-hydrogen) atoms. The third-order valence-electron chi connectivity index (χ3n) is 2.47. The third-order valence-corrected chi connectivity index (χ3v) is 2.47. The van der Waals surface area contributed by atoms with Gasteiger partial charge >= 0.3 is 6.01 Å². The minimum atomic E-state index is -0.449. The lowest BCUT2D eigenvalue weighted by Crippen LogP contribution is -2.38. The van der Waals surface area contributed by atoms with Gasteiger partial charge in [0.15, 0.2) is 0 Å². The van der Waals surface area contributed by atoms with Gasteiger partial charge in [-0.2, -0.15) is 15.0 Å². The number of hydrogen-bond donors (Lipinski definition) is 3. The molecule has 0 aliphatic rings. The molecule has 0 aliphatic carbocycles. The highest BCUT2D eigenvalue weighted by molar-refractivity contribution is 5.83. The SMILES string of the molecule is CCCNC(=O)C(C)Nc1nc(NC)nc(OC(C)C)n1. The molecule has 0 fully saturated rings. The Bertz CT molecular complexity index is 466. The second-order valence-electron chi connectivity index (χ2n) is 4.84. The molecule has 118 valence electrons.